The fourth-order valence-corrected chi connectivity index (χ4v) is 2.76. The third kappa shape index (κ3) is 2.84. The zero-order valence-corrected chi connectivity index (χ0v) is 11.9. The molecule has 2 N–H and O–H groups in total. The quantitative estimate of drug-likeness (QED) is 0.876. The van der Waals surface area contributed by atoms with Gasteiger partial charge in [0.2, 0.25) is 0 Å². The van der Waals surface area contributed by atoms with Gasteiger partial charge in [-0.2, -0.15) is 0 Å². The third-order valence-electron chi connectivity index (χ3n) is 3.29. The van der Waals surface area contributed by atoms with Gasteiger partial charge in [0, 0.05) is 30.1 Å². The summed E-state index contributed by atoms with van der Waals surface area (Å²) in [6, 6.07) is 8.21. The van der Waals surface area contributed by atoms with Crippen LogP contribution < -0.4 is 10.2 Å². The Kier molecular flexibility index (Phi) is 4.24. The number of nitrogens with one attached hydrogen (secondary N) is 1. The van der Waals surface area contributed by atoms with Gasteiger partial charge in [0.1, 0.15) is 0 Å². The van der Waals surface area contributed by atoms with Crippen LogP contribution in [0.3, 0.4) is 0 Å². The highest BCUT2D eigenvalue weighted by Gasteiger charge is 2.28. The van der Waals surface area contributed by atoms with Crippen LogP contribution in [-0.2, 0) is 4.79 Å². The van der Waals surface area contributed by atoms with Crippen molar-refractivity contribution in [2.75, 3.05) is 24.5 Å². The molecule has 2 rings (SSSR count). The summed E-state index contributed by atoms with van der Waals surface area (Å²) in [5.41, 5.74) is 1.06. The maximum atomic E-state index is 11.2. The van der Waals surface area contributed by atoms with Gasteiger partial charge in [-0.15, -0.1) is 0 Å². The summed E-state index contributed by atoms with van der Waals surface area (Å²) < 4.78 is 1.00. The second-order valence-electron chi connectivity index (χ2n) is 4.65. The Balaban J connectivity index is 2.28. The van der Waals surface area contributed by atoms with E-state index in [2.05, 4.69) is 33.1 Å². The normalized spacial score (nSPS) is 24.7. The van der Waals surface area contributed by atoms with Crippen molar-refractivity contribution in [3.05, 3.63) is 28.7 Å². The lowest BCUT2D eigenvalue weighted by molar-refractivity contribution is -0.141. The lowest BCUT2D eigenvalue weighted by Gasteiger charge is -2.31. The standard InChI is InChI=1S/C13H17BrN2O2/c1-9-6-15-7-10(13(17)18)8-16(9)12-5-3-2-4-11(12)14/h2-5,9-10,15H,6-8H2,1H3,(H,17,18). The number of para-hydroxylation sites is 1. The van der Waals surface area contributed by atoms with Gasteiger partial charge in [-0.3, -0.25) is 4.79 Å². The number of hydrogen-bond acceptors (Lipinski definition) is 3. The van der Waals surface area contributed by atoms with Crippen molar-refractivity contribution in [2.45, 2.75) is 13.0 Å². The lowest BCUT2D eigenvalue weighted by Crippen LogP contribution is -2.39. The number of carboxylic acids is 1. The molecule has 1 aliphatic heterocycles. The van der Waals surface area contributed by atoms with E-state index >= 15 is 0 Å². The average Bonchev–Trinajstić information content (AvgIpc) is 2.52. The fraction of sp³-hybridized carbons (Fsp3) is 0.462. The summed E-state index contributed by atoms with van der Waals surface area (Å²) in [7, 11) is 0. The van der Waals surface area contributed by atoms with Crippen molar-refractivity contribution in [3.63, 3.8) is 0 Å². The Hall–Kier alpha value is -1.07. The summed E-state index contributed by atoms with van der Waals surface area (Å²) in [6.07, 6.45) is 0. The smallest absolute Gasteiger partial charge is 0.309 e. The van der Waals surface area contributed by atoms with Gasteiger partial charge < -0.3 is 15.3 Å². The van der Waals surface area contributed by atoms with Gasteiger partial charge in [-0.1, -0.05) is 12.1 Å². The van der Waals surface area contributed by atoms with Crippen molar-refractivity contribution in [2.24, 2.45) is 5.92 Å². The predicted molar refractivity (Wildman–Crippen MR) is 74.9 cm³/mol. The highest BCUT2D eigenvalue weighted by atomic mass is 79.9. The van der Waals surface area contributed by atoms with Crippen molar-refractivity contribution in [1.82, 2.24) is 5.32 Å². The minimum atomic E-state index is -0.742. The molecule has 2 unspecified atom stereocenters. The van der Waals surface area contributed by atoms with Gasteiger partial charge in [0.25, 0.3) is 0 Å². The molecule has 1 aliphatic rings. The molecule has 0 spiro atoms. The fourth-order valence-electron chi connectivity index (χ4n) is 2.24. The van der Waals surface area contributed by atoms with E-state index in [1.54, 1.807) is 0 Å². The molecule has 1 heterocycles. The van der Waals surface area contributed by atoms with Gasteiger partial charge in [-0.25, -0.2) is 0 Å². The van der Waals surface area contributed by atoms with E-state index in [4.69, 9.17) is 0 Å². The van der Waals surface area contributed by atoms with Crippen LogP contribution in [-0.4, -0.2) is 36.8 Å². The number of benzene rings is 1. The maximum Gasteiger partial charge on any atom is 0.309 e. The van der Waals surface area contributed by atoms with Crippen LogP contribution >= 0.6 is 15.9 Å². The van der Waals surface area contributed by atoms with Crippen LogP contribution in [0.15, 0.2) is 28.7 Å². The van der Waals surface area contributed by atoms with Crippen molar-refractivity contribution in [1.29, 1.82) is 0 Å². The number of hydrogen-bond donors (Lipinski definition) is 2. The van der Waals surface area contributed by atoms with Crippen LogP contribution in [0.5, 0.6) is 0 Å². The predicted octanol–water partition coefficient (Wildman–Crippen LogP) is 1.95. The van der Waals surface area contributed by atoms with Gasteiger partial charge in [-0.05, 0) is 35.0 Å². The molecule has 1 aromatic carbocycles. The molecule has 0 bridgehead atoms. The van der Waals surface area contributed by atoms with Crippen LogP contribution in [0.25, 0.3) is 0 Å². The number of anilines is 1. The van der Waals surface area contributed by atoms with E-state index in [1.807, 2.05) is 24.3 Å². The molecule has 0 amide bonds. The van der Waals surface area contributed by atoms with Crippen LogP contribution in [0.2, 0.25) is 0 Å². The van der Waals surface area contributed by atoms with E-state index in [0.29, 0.717) is 13.1 Å². The third-order valence-corrected chi connectivity index (χ3v) is 3.96. The van der Waals surface area contributed by atoms with Crippen LogP contribution in [0, 0.1) is 5.92 Å². The van der Waals surface area contributed by atoms with Gasteiger partial charge >= 0.3 is 5.97 Å². The average molecular weight is 313 g/mol. The first-order valence-electron chi connectivity index (χ1n) is 6.04. The number of halogens is 1. The summed E-state index contributed by atoms with van der Waals surface area (Å²) in [5, 5.41) is 12.4. The Labute approximate surface area is 115 Å². The molecule has 0 saturated carbocycles. The lowest BCUT2D eigenvalue weighted by atomic mass is 10.1. The van der Waals surface area contributed by atoms with E-state index in [9.17, 15) is 9.90 Å². The number of carboxylic acid groups (broad SMARTS) is 1. The second-order valence-corrected chi connectivity index (χ2v) is 5.50. The van der Waals surface area contributed by atoms with Crippen molar-refractivity contribution >= 4 is 27.6 Å². The molecule has 1 fully saturated rings. The highest BCUT2D eigenvalue weighted by molar-refractivity contribution is 9.10. The zero-order valence-electron chi connectivity index (χ0n) is 10.3. The SMILES string of the molecule is CC1CNCC(C(=O)O)CN1c1ccccc1Br. The van der Waals surface area contributed by atoms with Gasteiger partial charge in [0.05, 0.1) is 11.6 Å². The number of nitrogens with zero attached hydrogens (tertiary/aromatic N) is 1. The molecular weight excluding hydrogens is 296 g/mol. The molecule has 98 valence electrons. The minimum Gasteiger partial charge on any atom is -0.481 e. The van der Waals surface area contributed by atoms with E-state index in [1.165, 1.54) is 0 Å². The molecule has 1 aromatic rings. The Morgan fingerprint density at radius 2 is 2.17 bits per heavy atom. The summed E-state index contributed by atoms with van der Waals surface area (Å²) >= 11 is 3.53. The first-order chi connectivity index (χ1) is 8.59. The Morgan fingerprint density at radius 3 is 2.83 bits per heavy atom. The van der Waals surface area contributed by atoms with Gasteiger partial charge in [0.15, 0.2) is 0 Å². The first kappa shape index (κ1) is 13.4. The van der Waals surface area contributed by atoms with E-state index < -0.39 is 5.97 Å². The largest absolute Gasteiger partial charge is 0.481 e. The summed E-state index contributed by atoms with van der Waals surface area (Å²) in [4.78, 5) is 13.4. The van der Waals surface area contributed by atoms with Crippen molar-refractivity contribution in [3.8, 4) is 0 Å². The Morgan fingerprint density at radius 1 is 1.44 bits per heavy atom. The molecule has 0 aromatic heterocycles. The Bertz CT molecular complexity index is 439. The van der Waals surface area contributed by atoms with Crippen LogP contribution in [0.4, 0.5) is 5.69 Å². The molecule has 0 aliphatic carbocycles. The second kappa shape index (κ2) is 5.71. The highest BCUT2D eigenvalue weighted by Crippen LogP contribution is 2.28. The topological polar surface area (TPSA) is 52.6 Å². The molecule has 5 heteroatoms. The molecule has 1 saturated heterocycles. The van der Waals surface area contributed by atoms with E-state index in [-0.39, 0.29) is 12.0 Å². The molecule has 18 heavy (non-hydrogen) atoms. The number of aliphatic carboxylic acids is 1. The first-order valence-corrected chi connectivity index (χ1v) is 6.83. The molecular formula is C13H17BrN2O2. The van der Waals surface area contributed by atoms with Crippen LogP contribution in [0.1, 0.15) is 6.92 Å². The monoisotopic (exact) mass is 312 g/mol. The molecule has 0 radical (unpaired) electrons. The maximum absolute atomic E-state index is 11.2. The summed E-state index contributed by atoms with van der Waals surface area (Å²) in [6.45, 7) is 3.97. The summed E-state index contributed by atoms with van der Waals surface area (Å²) in [5.74, 6) is -1.12. The zero-order chi connectivity index (χ0) is 13.1. The molecule has 4 nitrogen and oxygen atoms in total. The van der Waals surface area contributed by atoms with Crippen molar-refractivity contribution < 1.29 is 9.90 Å². The van der Waals surface area contributed by atoms with E-state index in [0.717, 1.165) is 16.7 Å². The number of rotatable bonds is 2. The minimum absolute atomic E-state index is 0.271. The number of carbonyl (C=O) groups is 1. The molecule has 2 atom stereocenters.